The second-order valence-corrected chi connectivity index (χ2v) is 4.55. The summed E-state index contributed by atoms with van der Waals surface area (Å²) >= 11 is 1.29. The van der Waals surface area contributed by atoms with Crippen LogP contribution in [-0.2, 0) is 0 Å². The zero-order valence-electron chi connectivity index (χ0n) is 9.83. The molecule has 0 radical (unpaired) electrons. The summed E-state index contributed by atoms with van der Waals surface area (Å²) in [7, 11) is 0. The van der Waals surface area contributed by atoms with Crippen LogP contribution in [0.4, 0.5) is 10.9 Å². The van der Waals surface area contributed by atoms with E-state index in [2.05, 4.69) is 15.6 Å². The monoisotopic (exact) mass is 242 g/mol. The van der Waals surface area contributed by atoms with Gasteiger partial charge in [0.1, 0.15) is 10.7 Å². The molecule has 1 aromatic heterocycles. The van der Waals surface area contributed by atoms with Crippen LogP contribution in [0.25, 0.3) is 0 Å². The lowest BCUT2D eigenvalue weighted by Gasteiger charge is -2.09. The van der Waals surface area contributed by atoms with Crippen molar-refractivity contribution in [2.24, 2.45) is 0 Å². The molecule has 0 fully saturated rings. The molecule has 0 saturated carbocycles. The Bertz CT molecular complexity index is 364. The molecule has 5 nitrogen and oxygen atoms in total. The zero-order chi connectivity index (χ0) is 12.1. The molecule has 1 amide bonds. The molecule has 0 saturated heterocycles. The van der Waals surface area contributed by atoms with Gasteiger partial charge in [-0.05, 0) is 20.3 Å². The molecular formula is C10H18N4OS. The van der Waals surface area contributed by atoms with E-state index in [9.17, 15) is 4.79 Å². The molecule has 0 aromatic carbocycles. The minimum atomic E-state index is -0.145. The maximum atomic E-state index is 11.8. The fourth-order valence-corrected chi connectivity index (χ4v) is 1.97. The second kappa shape index (κ2) is 5.69. The van der Waals surface area contributed by atoms with Crippen LogP contribution < -0.4 is 16.4 Å². The van der Waals surface area contributed by atoms with Crippen molar-refractivity contribution in [1.82, 2.24) is 10.3 Å². The Hall–Kier alpha value is -1.30. The van der Waals surface area contributed by atoms with Gasteiger partial charge in [-0.3, -0.25) is 4.79 Å². The Labute approximate surface area is 99.4 Å². The van der Waals surface area contributed by atoms with E-state index in [1.54, 1.807) is 0 Å². The number of aromatic nitrogens is 1. The van der Waals surface area contributed by atoms with Gasteiger partial charge in [-0.2, -0.15) is 0 Å². The molecule has 90 valence electrons. The average molecular weight is 242 g/mol. The normalized spacial score (nSPS) is 12.2. The van der Waals surface area contributed by atoms with Crippen molar-refractivity contribution in [3.8, 4) is 0 Å². The van der Waals surface area contributed by atoms with Crippen LogP contribution in [0.15, 0.2) is 0 Å². The molecule has 0 aliphatic carbocycles. The Kier molecular flexibility index (Phi) is 4.54. The molecular weight excluding hydrogens is 224 g/mol. The largest absolute Gasteiger partial charge is 0.382 e. The molecule has 1 heterocycles. The van der Waals surface area contributed by atoms with Gasteiger partial charge in [0.2, 0.25) is 0 Å². The Balaban J connectivity index is 2.75. The molecule has 1 unspecified atom stereocenters. The predicted octanol–water partition coefficient (Wildman–Crippen LogP) is 1.69. The lowest BCUT2D eigenvalue weighted by Crippen LogP contribution is -2.31. The Morgan fingerprint density at radius 2 is 2.25 bits per heavy atom. The summed E-state index contributed by atoms with van der Waals surface area (Å²) in [6.07, 6.45) is 0.893. The lowest BCUT2D eigenvalue weighted by molar-refractivity contribution is 0.0944. The van der Waals surface area contributed by atoms with Crippen molar-refractivity contribution >= 4 is 28.2 Å². The fourth-order valence-electron chi connectivity index (χ4n) is 1.11. The lowest BCUT2D eigenvalue weighted by atomic mass is 10.2. The van der Waals surface area contributed by atoms with Gasteiger partial charge >= 0.3 is 0 Å². The highest BCUT2D eigenvalue weighted by Gasteiger charge is 2.16. The maximum absolute atomic E-state index is 11.8. The highest BCUT2D eigenvalue weighted by molar-refractivity contribution is 7.18. The third-order valence-electron chi connectivity index (χ3n) is 2.18. The first-order chi connectivity index (χ1) is 7.58. The molecule has 0 aliphatic heterocycles. The van der Waals surface area contributed by atoms with Crippen molar-refractivity contribution in [3.05, 3.63) is 4.88 Å². The zero-order valence-corrected chi connectivity index (χ0v) is 10.6. The number of thiazole rings is 1. The summed E-state index contributed by atoms with van der Waals surface area (Å²) < 4.78 is 0. The van der Waals surface area contributed by atoms with Crippen LogP contribution in [0.2, 0.25) is 0 Å². The summed E-state index contributed by atoms with van der Waals surface area (Å²) in [5, 5.41) is 6.59. The number of amides is 1. The van der Waals surface area contributed by atoms with Gasteiger partial charge in [-0.25, -0.2) is 4.98 Å². The van der Waals surface area contributed by atoms with E-state index in [-0.39, 0.29) is 11.9 Å². The SMILES string of the molecule is CCNc1nc(N)c(C(=O)NC(C)CC)s1. The summed E-state index contributed by atoms with van der Waals surface area (Å²) in [4.78, 5) is 16.4. The Morgan fingerprint density at radius 3 is 2.81 bits per heavy atom. The molecule has 0 aliphatic rings. The summed E-state index contributed by atoms with van der Waals surface area (Å²) in [6.45, 7) is 6.71. The van der Waals surface area contributed by atoms with Gasteiger partial charge in [-0.15, -0.1) is 0 Å². The van der Waals surface area contributed by atoms with E-state index >= 15 is 0 Å². The number of carbonyl (C=O) groups is 1. The van der Waals surface area contributed by atoms with Gasteiger partial charge in [-0.1, -0.05) is 18.3 Å². The van der Waals surface area contributed by atoms with Gasteiger partial charge in [0.15, 0.2) is 5.13 Å². The van der Waals surface area contributed by atoms with E-state index < -0.39 is 0 Å². The summed E-state index contributed by atoms with van der Waals surface area (Å²) in [5.41, 5.74) is 5.69. The summed E-state index contributed by atoms with van der Waals surface area (Å²) in [5.74, 6) is 0.148. The molecule has 4 N–H and O–H groups in total. The predicted molar refractivity (Wildman–Crippen MR) is 67.9 cm³/mol. The third-order valence-corrected chi connectivity index (χ3v) is 3.21. The van der Waals surface area contributed by atoms with Crippen LogP contribution in [0.3, 0.4) is 0 Å². The highest BCUT2D eigenvalue weighted by atomic mass is 32.1. The number of hydrogen-bond donors (Lipinski definition) is 3. The number of nitrogens with one attached hydrogen (secondary N) is 2. The van der Waals surface area contributed by atoms with E-state index in [4.69, 9.17) is 5.73 Å². The van der Waals surface area contributed by atoms with Crippen LogP contribution in [0.1, 0.15) is 36.9 Å². The van der Waals surface area contributed by atoms with Crippen LogP contribution >= 0.6 is 11.3 Å². The second-order valence-electron chi connectivity index (χ2n) is 3.55. The fraction of sp³-hybridized carbons (Fsp3) is 0.600. The molecule has 16 heavy (non-hydrogen) atoms. The van der Waals surface area contributed by atoms with Crippen molar-refractivity contribution in [2.75, 3.05) is 17.6 Å². The average Bonchev–Trinajstić information content (AvgIpc) is 2.60. The van der Waals surface area contributed by atoms with Crippen LogP contribution in [-0.4, -0.2) is 23.5 Å². The van der Waals surface area contributed by atoms with Gasteiger partial charge < -0.3 is 16.4 Å². The van der Waals surface area contributed by atoms with E-state index in [0.29, 0.717) is 15.8 Å². The first kappa shape index (κ1) is 12.8. The molecule has 0 bridgehead atoms. The number of nitrogen functional groups attached to an aromatic ring is 1. The number of carbonyl (C=O) groups excluding carboxylic acids is 1. The standard InChI is InChI=1S/C10H18N4OS/c1-4-6(3)13-9(15)7-8(11)14-10(16-7)12-5-2/h6H,4-5,11H2,1-3H3,(H,12,14)(H,13,15). The molecule has 1 atom stereocenters. The van der Waals surface area contributed by atoms with E-state index in [1.165, 1.54) is 11.3 Å². The summed E-state index contributed by atoms with van der Waals surface area (Å²) in [6, 6.07) is 0.150. The molecule has 0 spiro atoms. The molecule has 1 aromatic rings. The van der Waals surface area contributed by atoms with Gasteiger partial charge in [0, 0.05) is 12.6 Å². The minimum absolute atomic E-state index is 0.145. The third kappa shape index (κ3) is 3.10. The van der Waals surface area contributed by atoms with Crippen molar-refractivity contribution in [2.45, 2.75) is 33.2 Å². The van der Waals surface area contributed by atoms with E-state index in [0.717, 1.165) is 13.0 Å². The maximum Gasteiger partial charge on any atom is 0.265 e. The Morgan fingerprint density at radius 1 is 1.56 bits per heavy atom. The number of anilines is 2. The minimum Gasteiger partial charge on any atom is -0.382 e. The molecule has 1 rings (SSSR count). The van der Waals surface area contributed by atoms with Crippen molar-refractivity contribution in [3.63, 3.8) is 0 Å². The van der Waals surface area contributed by atoms with E-state index in [1.807, 2.05) is 20.8 Å². The number of nitrogens with two attached hydrogens (primary N) is 1. The molecule has 6 heteroatoms. The smallest absolute Gasteiger partial charge is 0.265 e. The highest BCUT2D eigenvalue weighted by Crippen LogP contribution is 2.24. The van der Waals surface area contributed by atoms with Crippen molar-refractivity contribution < 1.29 is 4.79 Å². The topological polar surface area (TPSA) is 80.0 Å². The number of hydrogen-bond acceptors (Lipinski definition) is 5. The number of rotatable bonds is 5. The van der Waals surface area contributed by atoms with Gasteiger partial charge in [0.25, 0.3) is 5.91 Å². The number of nitrogens with zero attached hydrogens (tertiary/aromatic N) is 1. The van der Waals surface area contributed by atoms with Crippen LogP contribution in [0.5, 0.6) is 0 Å². The van der Waals surface area contributed by atoms with Crippen LogP contribution in [0, 0.1) is 0 Å². The van der Waals surface area contributed by atoms with Crippen molar-refractivity contribution in [1.29, 1.82) is 0 Å². The first-order valence-electron chi connectivity index (χ1n) is 5.39. The first-order valence-corrected chi connectivity index (χ1v) is 6.21. The van der Waals surface area contributed by atoms with Gasteiger partial charge in [0.05, 0.1) is 0 Å². The quantitative estimate of drug-likeness (QED) is 0.734.